The Morgan fingerprint density at radius 3 is 2.50 bits per heavy atom. The molecule has 0 N–H and O–H groups in total. The second-order valence-corrected chi connectivity index (χ2v) is 6.52. The summed E-state index contributed by atoms with van der Waals surface area (Å²) >= 11 is 0. The maximum atomic E-state index is 4.98. The lowest BCUT2D eigenvalue weighted by Gasteiger charge is -2.33. The van der Waals surface area contributed by atoms with E-state index in [1.807, 2.05) is 0 Å². The summed E-state index contributed by atoms with van der Waals surface area (Å²) in [6.45, 7) is 5.46. The topological polar surface area (TPSA) is 15.6 Å². The quantitative estimate of drug-likeness (QED) is 0.740. The van der Waals surface area contributed by atoms with Crippen LogP contribution in [0.15, 0.2) is 59.6 Å². The minimum Gasteiger partial charge on any atom is -0.346 e. The van der Waals surface area contributed by atoms with E-state index < -0.39 is 0 Å². The van der Waals surface area contributed by atoms with Gasteiger partial charge in [0.05, 0.1) is 18.6 Å². The zero-order chi connectivity index (χ0) is 15.1. The zero-order valence-electron chi connectivity index (χ0n) is 13.2. The first kappa shape index (κ1) is 13.6. The van der Waals surface area contributed by atoms with Crippen molar-refractivity contribution in [1.82, 2.24) is 4.90 Å². The molecule has 0 saturated carbocycles. The molecular formula is C20H22N2. The Labute approximate surface area is 132 Å². The predicted octanol–water partition coefficient (Wildman–Crippen LogP) is 4.74. The van der Waals surface area contributed by atoms with Gasteiger partial charge < -0.3 is 4.90 Å². The highest BCUT2D eigenvalue weighted by Crippen LogP contribution is 2.44. The maximum absolute atomic E-state index is 4.98. The molecule has 0 bridgehead atoms. The van der Waals surface area contributed by atoms with E-state index in [2.05, 4.69) is 73.3 Å². The van der Waals surface area contributed by atoms with Crippen LogP contribution in [0.2, 0.25) is 0 Å². The molecule has 4 rings (SSSR count). The molecule has 0 amide bonds. The second-order valence-electron chi connectivity index (χ2n) is 6.52. The molecule has 2 heteroatoms. The van der Waals surface area contributed by atoms with Crippen molar-refractivity contribution in [2.75, 3.05) is 0 Å². The minimum atomic E-state index is 0.382. The Kier molecular flexibility index (Phi) is 3.25. The first-order valence-corrected chi connectivity index (χ1v) is 8.21. The largest absolute Gasteiger partial charge is 0.346 e. The van der Waals surface area contributed by atoms with Gasteiger partial charge in [0.2, 0.25) is 0 Å². The molecule has 2 aliphatic heterocycles. The highest BCUT2D eigenvalue weighted by molar-refractivity contribution is 5.88. The van der Waals surface area contributed by atoms with Gasteiger partial charge in [0, 0.05) is 5.92 Å². The molecule has 0 aromatic heterocycles. The summed E-state index contributed by atoms with van der Waals surface area (Å²) in [5, 5.41) is 0. The average Bonchev–Trinajstić information content (AvgIpc) is 2.81. The van der Waals surface area contributed by atoms with Crippen LogP contribution in [0.1, 0.15) is 49.0 Å². The van der Waals surface area contributed by atoms with Crippen molar-refractivity contribution < 1.29 is 0 Å². The van der Waals surface area contributed by atoms with Crippen molar-refractivity contribution in [3.05, 3.63) is 71.3 Å². The van der Waals surface area contributed by atoms with Gasteiger partial charge in [0.1, 0.15) is 5.84 Å². The third-order valence-electron chi connectivity index (χ3n) is 5.14. The van der Waals surface area contributed by atoms with E-state index in [0.29, 0.717) is 18.0 Å². The summed E-state index contributed by atoms with van der Waals surface area (Å²) in [5.41, 5.74) is 4.21. The normalized spacial score (nSPS) is 26.9. The summed E-state index contributed by atoms with van der Waals surface area (Å²) in [6, 6.07) is 20.5. The molecular weight excluding hydrogens is 268 g/mol. The molecule has 2 aliphatic rings. The maximum Gasteiger partial charge on any atom is 0.103 e. The highest BCUT2D eigenvalue weighted by atomic mass is 15.3. The van der Waals surface area contributed by atoms with Crippen LogP contribution in [0.3, 0.4) is 0 Å². The van der Waals surface area contributed by atoms with Crippen LogP contribution in [-0.4, -0.2) is 10.7 Å². The molecule has 2 aromatic rings. The molecule has 2 nitrogen and oxygen atoms in total. The number of amidine groups is 1. The molecule has 3 atom stereocenters. The molecule has 0 spiro atoms. The summed E-state index contributed by atoms with van der Waals surface area (Å²) in [7, 11) is 0. The van der Waals surface area contributed by atoms with Gasteiger partial charge in [-0.15, -0.1) is 0 Å². The SMILES string of the molecule is CC1CC(c2ccccc2)N2C1=NCc1ccccc1C2C. The van der Waals surface area contributed by atoms with E-state index in [0.717, 1.165) is 13.0 Å². The van der Waals surface area contributed by atoms with E-state index in [4.69, 9.17) is 4.99 Å². The molecule has 22 heavy (non-hydrogen) atoms. The molecule has 3 unspecified atom stereocenters. The first-order valence-electron chi connectivity index (χ1n) is 8.21. The third-order valence-corrected chi connectivity index (χ3v) is 5.14. The van der Waals surface area contributed by atoms with E-state index in [1.165, 1.54) is 22.5 Å². The van der Waals surface area contributed by atoms with Gasteiger partial charge in [-0.05, 0) is 30.0 Å². The fraction of sp³-hybridized carbons (Fsp3) is 0.350. The van der Waals surface area contributed by atoms with Crippen LogP contribution in [0.4, 0.5) is 0 Å². The predicted molar refractivity (Wildman–Crippen MR) is 90.8 cm³/mol. The molecule has 2 aromatic carbocycles. The number of nitrogens with zero attached hydrogens (tertiary/aromatic N) is 2. The van der Waals surface area contributed by atoms with Crippen molar-refractivity contribution in [3.63, 3.8) is 0 Å². The van der Waals surface area contributed by atoms with E-state index >= 15 is 0 Å². The number of benzene rings is 2. The number of fused-ring (bicyclic) bond motifs is 2. The Hall–Kier alpha value is -2.09. The smallest absolute Gasteiger partial charge is 0.103 e. The summed E-state index contributed by atoms with van der Waals surface area (Å²) in [6.07, 6.45) is 1.16. The zero-order valence-corrected chi connectivity index (χ0v) is 13.2. The lowest BCUT2D eigenvalue weighted by molar-refractivity contribution is 0.276. The van der Waals surface area contributed by atoms with Crippen molar-refractivity contribution in [1.29, 1.82) is 0 Å². The van der Waals surface area contributed by atoms with E-state index in [9.17, 15) is 0 Å². The Balaban J connectivity index is 1.80. The number of hydrogen-bond donors (Lipinski definition) is 0. The first-order chi connectivity index (χ1) is 10.8. The van der Waals surface area contributed by atoms with Crippen molar-refractivity contribution in [2.45, 2.75) is 38.9 Å². The van der Waals surface area contributed by atoms with E-state index in [-0.39, 0.29) is 0 Å². The van der Waals surface area contributed by atoms with Crippen molar-refractivity contribution in [3.8, 4) is 0 Å². The summed E-state index contributed by atoms with van der Waals surface area (Å²) < 4.78 is 0. The standard InChI is InChI=1S/C20H22N2/c1-14-12-19(16-8-4-3-5-9-16)22-15(2)18-11-7-6-10-17(18)13-21-20(14)22/h3-11,14-15,19H,12-13H2,1-2H3. The van der Waals surface area contributed by atoms with Gasteiger partial charge in [0.15, 0.2) is 0 Å². The molecule has 1 fully saturated rings. The Morgan fingerprint density at radius 2 is 1.68 bits per heavy atom. The molecule has 0 radical (unpaired) electrons. The van der Waals surface area contributed by atoms with Crippen LogP contribution in [0.5, 0.6) is 0 Å². The monoisotopic (exact) mass is 290 g/mol. The van der Waals surface area contributed by atoms with Crippen LogP contribution in [0.25, 0.3) is 0 Å². The molecule has 1 saturated heterocycles. The van der Waals surface area contributed by atoms with Gasteiger partial charge in [-0.2, -0.15) is 0 Å². The van der Waals surface area contributed by atoms with Gasteiger partial charge >= 0.3 is 0 Å². The summed E-state index contributed by atoms with van der Waals surface area (Å²) in [5.74, 6) is 1.82. The minimum absolute atomic E-state index is 0.382. The Morgan fingerprint density at radius 1 is 0.955 bits per heavy atom. The lowest BCUT2D eigenvalue weighted by atomic mass is 9.97. The van der Waals surface area contributed by atoms with Gasteiger partial charge in [0.25, 0.3) is 0 Å². The number of aliphatic imine (C=N–C) groups is 1. The van der Waals surface area contributed by atoms with Crippen LogP contribution in [0, 0.1) is 5.92 Å². The lowest BCUT2D eigenvalue weighted by Crippen LogP contribution is -2.31. The number of hydrogen-bond acceptors (Lipinski definition) is 2. The molecule has 2 heterocycles. The van der Waals surface area contributed by atoms with Crippen LogP contribution < -0.4 is 0 Å². The van der Waals surface area contributed by atoms with Gasteiger partial charge in [-0.3, -0.25) is 4.99 Å². The fourth-order valence-corrected chi connectivity index (χ4v) is 4.05. The second kappa shape index (κ2) is 5.28. The average molecular weight is 290 g/mol. The van der Waals surface area contributed by atoms with Crippen molar-refractivity contribution in [2.24, 2.45) is 10.9 Å². The van der Waals surface area contributed by atoms with Crippen molar-refractivity contribution >= 4 is 5.84 Å². The van der Waals surface area contributed by atoms with Crippen LogP contribution in [-0.2, 0) is 6.54 Å². The Bertz CT molecular complexity index is 705. The third kappa shape index (κ3) is 2.06. The molecule has 112 valence electrons. The van der Waals surface area contributed by atoms with Crippen LogP contribution >= 0.6 is 0 Å². The highest BCUT2D eigenvalue weighted by Gasteiger charge is 2.40. The fourth-order valence-electron chi connectivity index (χ4n) is 4.05. The van der Waals surface area contributed by atoms with Gasteiger partial charge in [-0.1, -0.05) is 61.5 Å². The van der Waals surface area contributed by atoms with Gasteiger partial charge in [-0.25, -0.2) is 0 Å². The molecule has 0 aliphatic carbocycles. The van der Waals surface area contributed by atoms with E-state index in [1.54, 1.807) is 0 Å². The number of rotatable bonds is 1. The summed E-state index contributed by atoms with van der Waals surface area (Å²) in [4.78, 5) is 7.54.